The number of halogens is 3. The highest BCUT2D eigenvalue weighted by atomic mass is 19.4. The second kappa shape index (κ2) is 11.0. The zero-order chi connectivity index (χ0) is 29.5. The minimum atomic E-state index is -4.47. The number of likely N-dealkylation sites (tertiary alicyclic amines) is 1. The number of imidazole rings is 1. The van der Waals surface area contributed by atoms with Gasteiger partial charge in [0.05, 0.1) is 29.8 Å². The van der Waals surface area contributed by atoms with E-state index in [4.69, 9.17) is 4.74 Å². The number of esters is 1. The first-order valence-electron chi connectivity index (χ1n) is 13.3. The van der Waals surface area contributed by atoms with E-state index in [1.807, 2.05) is 18.9 Å². The van der Waals surface area contributed by atoms with E-state index in [0.717, 1.165) is 16.7 Å². The van der Waals surface area contributed by atoms with Gasteiger partial charge in [0.1, 0.15) is 5.82 Å². The lowest BCUT2D eigenvalue weighted by Gasteiger charge is -2.34. The van der Waals surface area contributed by atoms with E-state index in [1.54, 1.807) is 19.2 Å². The number of ether oxygens (including phenoxy) is 1. The smallest absolute Gasteiger partial charge is 0.416 e. The molecule has 0 aliphatic carbocycles. The number of hydrogen-bond acceptors (Lipinski definition) is 7. The van der Waals surface area contributed by atoms with Gasteiger partial charge in [-0.3, -0.25) is 28.0 Å². The van der Waals surface area contributed by atoms with Gasteiger partial charge in [0.15, 0.2) is 17.9 Å². The number of aromatic nitrogens is 6. The Morgan fingerprint density at radius 3 is 2.54 bits per heavy atom. The lowest BCUT2D eigenvalue weighted by molar-refractivity contribution is -0.157. The highest BCUT2D eigenvalue weighted by Crippen LogP contribution is 2.30. The molecule has 1 aliphatic heterocycles. The summed E-state index contributed by atoms with van der Waals surface area (Å²) in [5.74, 6) is -0.449. The van der Waals surface area contributed by atoms with Crippen LogP contribution in [0.5, 0.6) is 0 Å². The van der Waals surface area contributed by atoms with Gasteiger partial charge in [0, 0.05) is 32.4 Å². The second-order valence-corrected chi connectivity index (χ2v) is 10.2. The van der Waals surface area contributed by atoms with E-state index in [1.165, 1.54) is 26.1 Å². The monoisotopic (exact) mass is 573 g/mol. The van der Waals surface area contributed by atoms with Crippen LogP contribution in [0.2, 0.25) is 0 Å². The number of benzene rings is 1. The number of alkyl halides is 3. The van der Waals surface area contributed by atoms with Gasteiger partial charge in [0.25, 0.3) is 5.56 Å². The summed E-state index contributed by atoms with van der Waals surface area (Å²) in [6.45, 7) is 4.95. The molecule has 1 fully saturated rings. The molecule has 41 heavy (non-hydrogen) atoms. The summed E-state index contributed by atoms with van der Waals surface area (Å²) < 4.78 is 50.6. The van der Waals surface area contributed by atoms with Crippen LogP contribution in [-0.4, -0.2) is 59.5 Å². The first-order chi connectivity index (χ1) is 19.5. The predicted molar refractivity (Wildman–Crippen MR) is 143 cm³/mol. The molecule has 4 aromatic rings. The Morgan fingerprint density at radius 1 is 1.12 bits per heavy atom. The molecule has 1 aromatic carbocycles. The molecule has 0 radical (unpaired) electrons. The van der Waals surface area contributed by atoms with Gasteiger partial charge in [-0.1, -0.05) is 19.1 Å². The van der Waals surface area contributed by atoms with Crippen LogP contribution in [0.3, 0.4) is 0 Å². The van der Waals surface area contributed by atoms with Crippen LogP contribution in [0, 0.1) is 5.92 Å². The summed E-state index contributed by atoms with van der Waals surface area (Å²) in [5.41, 5.74) is -0.712. The summed E-state index contributed by atoms with van der Waals surface area (Å²) in [6.07, 6.45) is -0.868. The summed E-state index contributed by atoms with van der Waals surface area (Å²) >= 11 is 0. The van der Waals surface area contributed by atoms with Gasteiger partial charge < -0.3 is 9.64 Å². The average molecular weight is 574 g/mol. The number of rotatable bonds is 9. The van der Waals surface area contributed by atoms with Gasteiger partial charge in [-0.25, -0.2) is 9.78 Å². The standard InChI is InChI=1S/C27H30F3N7O4/c1-4-9-36-24(38)21-23(35(5-2)26(36)40)32-22(37(21)16-41-25(39)19-13-33(3)14-19)18-11-31-34(15-18)12-17-7-6-8-20(10-17)27(28,29)30/h6-8,10-11,15,19H,4-5,9,12-14,16H2,1-3H3. The molecule has 14 heteroatoms. The zero-order valence-electron chi connectivity index (χ0n) is 22.9. The lowest BCUT2D eigenvalue weighted by atomic mass is 10.0. The van der Waals surface area contributed by atoms with Crippen LogP contribution in [0.4, 0.5) is 13.2 Å². The van der Waals surface area contributed by atoms with Gasteiger partial charge >= 0.3 is 17.8 Å². The third kappa shape index (κ3) is 5.43. The van der Waals surface area contributed by atoms with Crippen molar-refractivity contribution >= 4 is 17.1 Å². The maximum atomic E-state index is 13.5. The number of carbonyl (C=O) groups excluding carboxylic acids is 1. The number of hydrogen-bond donors (Lipinski definition) is 0. The summed E-state index contributed by atoms with van der Waals surface area (Å²) in [6, 6.07) is 4.97. The van der Waals surface area contributed by atoms with Crippen molar-refractivity contribution in [3.8, 4) is 11.4 Å². The highest BCUT2D eigenvalue weighted by Gasteiger charge is 2.32. The Balaban J connectivity index is 1.57. The molecule has 0 unspecified atom stereocenters. The molecule has 0 bridgehead atoms. The highest BCUT2D eigenvalue weighted by molar-refractivity contribution is 5.77. The summed E-state index contributed by atoms with van der Waals surface area (Å²) in [7, 11) is 1.89. The van der Waals surface area contributed by atoms with Gasteiger partial charge in [-0.15, -0.1) is 0 Å². The molecule has 218 valence electrons. The third-order valence-corrected chi connectivity index (χ3v) is 7.10. The molecule has 0 spiro atoms. The topological polar surface area (TPSA) is 109 Å². The Bertz CT molecular complexity index is 1710. The molecule has 0 amide bonds. The third-order valence-electron chi connectivity index (χ3n) is 7.10. The maximum absolute atomic E-state index is 13.5. The van der Waals surface area contributed by atoms with Gasteiger partial charge in [-0.2, -0.15) is 18.3 Å². The molecule has 1 saturated heterocycles. The van der Waals surface area contributed by atoms with Crippen molar-refractivity contribution in [3.63, 3.8) is 0 Å². The molecular weight excluding hydrogens is 543 g/mol. The summed E-state index contributed by atoms with van der Waals surface area (Å²) in [5, 5.41) is 4.29. The van der Waals surface area contributed by atoms with E-state index in [9.17, 15) is 27.6 Å². The molecule has 4 heterocycles. The van der Waals surface area contributed by atoms with E-state index in [0.29, 0.717) is 30.6 Å². The Kier molecular flexibility index (Phi) is 7.60. The first-order valence-corrected chi connectivity index (χ1v) is 13.3. The SMILES string of the molecule is CCCn1c(=O)c2c(nc(-c3cnn(Cc4cccc(C(F)(F)F)c4)c3)n2COC(=O)C2CN(C)C2)n(CC)c1=O. The fraction of sp³-hybridized carbons (Fsp3) is 0.444. The lowest BCUT2D eigenvalue weighted by Crippen LogP contribution is -2.48. The van der Waals surface area contributed by atoms with E-state index >= 15 is 0 Å². The molecule has 1 aliphatic rings. The molecule has 0 N–H and O–H groups in total. The second-order valence-electron chi connectivity index (χ2n) is 10.2. The molecule has 0 saturated carbocycles. The fourth-order valence-corrected chi connectivity index (χ4v) is 5.04. The van der Waals surface area contributed by atoms with Crippen molar-refractivity contribution in [2.45, 2.75) is 52.8 Å². The van der Waals surface area contributed by atoms with Crippen molar-refractivity contribution in [1.82, 2.24) is 33.4 Å². The molecule has 11 nitrogen and oxygen atoms in total. The van der Waals surface area contributed by atoms with Crippen LogP contribution in [0.1, 0.15) is 31.4 Å². The number of aryl methyl sites for hydroxylation is 1. The summed E-state index contributed by atoms with van der Waals surface area (Å²) in [4.78, 5) is 45.9. The molecular formula is C27H30F3N7O4. The minimum absolute atomic E-state index is 0.0529. The van der Waals surface area contributed by atoms with Gasteiger partial charge in [0.2, 0.25) is 0 Å². The Labute approximate surface area is 232 Å². The van der Waals surface area contributed by atoms with Crippen LogP contribution in [-0.2, 0) is 42.1 Å². The van der Waals surface area contributed by atoms with Crippen LogP contribution in [0.15, 0.2) is 46.2 Å². The fourth-order valence-electron chi connectivity index (χ4n) is 5.04. The van der Waals surface area contributed by atoms with Gasteiger partial charge in [-0.05, 0) is 38.1 Å². The van der Waals surface area contributed by atoms with Crippen LogP contribution < -0.4 is 11.2 Å². The van der Waals surface area contributed by atoms with Crippen molar-refractivity contribution in [1.29, 1.82) is 0 Å². The average Bonchev–Trinajstić information content (AvgIpc) is 3.52. The predicted octanol–water partition coefficient (Wildman–Crippen LogP) is 2.78. The zero-order valence-corrected chi connectivity index (χ0v) is 22.9. The van der Waals surface area contributed by atoms with Crippen molar-refractivity contribution in [3.05, 3.63) is 68.6 Å². The Hall–Kier alpha value is -4.20. The number of nitrogens with zero attached hydrogens (tertiary/aromatic N) is 7. The Morgan fingerprint density at radius 2 is 1.88 bits per heavy atom. The van der Waals surface area contributed by atoms with E-state index in [2.05, 4.69) is 10.1 Å². The van der Waals surface area contributed by atoms with E-state index < -0.39 is 29.0 Å². The van der Waals surface area contributed by atoms with Crippen molar-refractivity contribution in [2.75, 3.05) is 20.1 Å². The molecule has 5 rings (SSSR count). The quantitative estimate of drug-likeness (QED) is 0.283. The van der Waals surface area contributed by atoms with E-state index in [-0.39, 0.29) is 49.3 Å². The van der Waals surface area contributed by atoms with Crippen LogP contribution in [0.25, 0.3) is 22.6 Å². The van der Waals surface area contributed by atoms with Crippen molar-refractivity contribution in [2.24, 2.45) is 5.92 Å². The maximum Gasteiger partial charge on any atom is 0.416 e. The first kappa shape index (κ1) is 28.3. The van der Waals surface area contributed by atoms with Crippen LogP contribution >= 0.6 is 0 Å². The number of carbonyl (C=O) groups is 1. The number of fused-ring (bicyclic) bond motifs is 1. The van der Waals surface area contributed by atoms with Crippen molar-refractivity contribution < 1.29 is 22.7 Å². The molecule has 3 aromatic heterocycles. The normalized spacial score (nSPS) is 14.5. The minimum Gasteiger partial charge on any atom is -0.444 e. The molecule has 0 atom stereocenters. The largest absolute Gasteiger partial charge is 0.444 e.